The molecule has 8 nitrogen and oxygen atoms in total. The SMILES string of the molecule is C=CCNC(=O)CCCc1nc(-c2cc(OC)c(OC)c(OC)c2)no1. The van der Waals surface area contributed by atoms with E-state index in [0.717, 1.165) is 0 Å². The number of hydrogen-bond donors (Lipinski definition) is 1. The molecule has 0 saturated heterocycles. The molecule has 1 aromatic carbocycles. The van der Waals surface area contributed by atoms with E-state index in [9.17, 15) is 4.79 Å². The Bertz CT molecular complexity index is 732. The maximum atomic E-state index is 11.6. The number of carbonyl (C=O) groups excluding carboxylic acids is 1. The van der Waals surface area contributed by atoms with Gasteiger partial charge in [-0.2, -0.15) is 4.98 Å². The van der Waals surface area contributed by atoms with Crippen LogP contribution in [0.25, 0.3) is 11.4 Å². The van der Waals surface area contributed by atoms with Gasteiger partial charge in [0.25, 0.3) is 0 Å². The minimum absolute atomic E-state index is 0.0331. The molecule has 1 aromatic heterocycles. The molecule has 0 spiro atoms. The predicted molar refractivity (Wildman–Crippen MR) is 95.5 cm³/mol. The summed E-state index contributed by atoms with van der Waals surface area (Å²) >= 11 is 0. The first-order chi connectivity index (χ1) is 12.6. The molecule has 0 fully saturated rings. The Kier molecular flexibility index (Phi) is 7.02. The molecule has 2 rings (SSSR count). The molecular weight excluding hydrogens is 338 g/mol. The molecule has 1 heterocycles. The van der Waals surface area contributed by atoms with Crippen LogP contribution in [-0.4, -0.2) is 43.9 Å². The van der Waals surface area contributed by atoms with Crippen molar-refractivity contribution in [3.05, 3.63) is 30.7 Å². The smallest absolute Gasteiger partial charge is 0.226 e. The number of hydrogen-bond acceptors (Lipinski definition) is 7. The van der Waals surface area contributed by atoms with Crippen molar-refractivity contribution in [3.8, 4) is 28.6 Å². The molecule has 0 atom stereocenters. The van der Waals surface area contributed by atoms with E-state index in [4.69, 9.17) is 18.7 Å². The highest BCUT2D eigenvalue weighted by Crippen LogP contribution is 2.40. The maximum absolute atomic E-state index is 11.6. The van der Waals surface area contributed by atoms with Crippen LogP contribution in [-0.2, 0) is 11.2 Å². The highest BCUT2D eigenvalue weighted by molar-refractivity contribution is 5.75. The van der Waals surface area contributed by atoms with E-state index < -0.39 is 0 Å². The number of aryl methyl sites for hydroxylation is 1. The summed E-state index contributed by atoms with van der Waals surface area (Å²) in [6.07, 6.45) is 3.15. The van der Waals surface area contributed by atoms with Gasteiger partial charge in [-0.1, -0.05) is 11.2 Å². The van der Waals surface area contributed by atoms with Crippen molar-refractivity contribution in [1.29, 1.82) is 0 Å². The van der Waals surface area contributed by atoms with Gasteiger partial charge in [0.05, 0.1) is 21.3 Å². The van der Waals surface area contributed by atoms with E-state index in [1.54, 1.807) is 32.4 Å². The summed E-state index contributed by atoms with van der Waals surface area (Å²) in [5.74, 6) is 2.35. The van der Waals surface area contributed by atoms with Gasteiger partial charge < -0.3 is 24.1 Å². The van der Waals surface area contributed by atoms with Crippen LogP contribution >= 0.6 is 0 Å². The molecule has 1 amide bonds. The summed E-state index contributed by atoms with van der Waals surface area (Å²) in [5.41, 5.74) is 0.679. The largest absolute Gasteiger partial charge is 0.493 e. The molecule has 0 aliphatic rings. The van der Waals surface area contributed by atoms with Crippen molar-refractivity contribution in [2.75, 3.05) is 27.9 Å². The van der Waals surface area contributed by atoms with Gasteiger partial charge >= 0.3 is 0 Å². The van der Waals surface area contributed by atoms with Crippen LogP contribution < -0.4 is 19.5 Å². The Morgan fingerprint density at radius 3 is 2.50 bits per heavy atom. The average Bonchev–Trinajstić information content (AvgIpc) is 3.13. The second kappa shape index (κ2) is 9.45. The fourth-order valence-electron chi connectivity index (χ4n) is 2.36. The lowest BCUT2D eigenvalue weighted by Crippen LogP contribution is -2.22. The Balaban J connectivity index is 2.07. The molecule has 0 radical (unpaired) electrons. The quantitative estimate of drug-likeness (QED) is 0.649. The number of ether oxygens (including phenoxy) is 3. The predicted octanol–water partition coefficient (Wildman–Crippen LogP) is 2.39. The highest BCUT2D eigenvalue weighted by atomic mass is 16.5. The second-order valence-corrected chi connectivity index (χ2v) is 5.37. The van der Waals surface area contributed by atoms with Crippen molar-refractivity contribution in [1.82, 2.24) is 15.5 Å². The van der Waals surface area contributed by atoms with E-state index in [-0.39, 0.29) is 5.91 Å². The third-order valence-electron chi connectivity index (χ3n) is 3.63. The summed E-state index contributed by atoms with van der Waals surface area (Å²) in [6, 6.07) is 3.50. The van der Waals surface area contributed by atoms with Gasteiger partial charge in [-0.15, -0.1) is 6.58 Å². The zero-order chi connectivity index (χ0) is 18.9. The van der Waals surface area contributed by atoms with E-state index in [0.29, 0.717) is 60.3 Å². The van der Waals surface area contributed by atoms with Crippen LogP contribution in [0.5, 0.6) is 17.2 Å². The van der Waals surface area contributed by atoms with Crippen molar-refractivity contribution >= 4 is 5.91 Å². The first-order valence-corrected chi connectivity index (χ1v) is 8.13. The number of methoxy groups -OCH3 is 3. The lowest BCUT2D eigenvalue weighted by molar-refractivity contribution is -0.120. The molecule has 26 heavy (non-hydrogen) atoms. The Labute approximate surface area is 152 Å². The topological polar surface area (TPSA) is 95.7 Å². The van der Waals surface area contributed by atoms with Crippen LogP contribution in [0, 0.1) is 0 Å². The first kappa shape index (κ1) is 19.3. The van der Waals surface area contributed by atoms with Crippen LogP contribution in [0.4, 0.5) is 0 Å². The summed E-state index contributed by atoms with van der Waals surface area (Å²) in [5, 5.41) is 6.71. The Hall–Kier alpha value is -3.03. The zero-order valence-electron chi connectivity index (χ0n) is 15.2. The number of rotatable bonds is 10. The van der Waals surface area contributed by atoms with E-state index >= 15 is 0 Å². The van der Waals surface area contributed by atoms with Gasteiger partial charge in [0, 0.05) is 24.9 Å². The fraction of sp³-hybridized carbons (Fsp3) is 0.389. The molecule has 0 unspecified atom stereocenters. The standard InChI is InChI=1S/C18H23N3O5/c1-5-9-19-15(22)7-6-8-16-20-18(21-26-16)12-10-13(23-2)17(25-4)14(11-12)24-3/h5,10-11H,1,6-9H2,2-4H3,(H,19,22). The number of amides is 1. The number of nitrogens with one attached hydrogen (secondary N) is 1. The fourth-order valence-corrected chi connectivity index (χ4v) is 2.36. The number of aromatic nitrogens is 2. The van der Waals surface area contributed by atoms with Crippen LogP contribution in [0.1, 0.15) is 18.7 Å². The molecule has 0 aliphatic carbocycles. The van der Waals surface area contributed by atoms with Crippen molar-refractivity contribution in [3.63, 3.8) is 0 Å². The summed E-state index contributed by atoms with van der Waals surface area (Å²) in [7, 11) is 4.62. The van der Waals surface area contributed by atoms with E-state index in [1.165, 1.54) is 7.11 Å². The van der Waals surface area contributed by atoms with Crippen molar-refractivity contribution in [2.24, 2.45) is 0 Å². The second-order valence-electron chi connectivity index (χ2n) is 5.37. The van der Waals surface area contributed by atoms with E-state index in [2.05, 4.69) is 22.0 Å². The molecule has 0 saturated carbocycles. The number of benzene rings is 1. The molecule has 2 aromatic rings. The molecule has 1 N–H and O–H groups in total. The molecule has 0 bridgehead atoms. The third kappa shape index (κ3) is 4.75. The van der Waals surface area contributed by atoms with Gasteiger partial charge in [0.2, 0.25) is 23.4 Å². The van der Waals surface area contributed by atoms with Gasteiger partial charge in [0.15, 0.2) is 11.5 Å². The Morgan fingerprint density at radius 2 is 1.92 bits per heavy atom. The Morgan fingerprint density at radius 1 is 1.23 bits per heavy atom. The minimum atomic E-state index is -0.0331. The lowest BCUT2D eigenvalue weighted by atomic mass is 10.1. The molecular formula is C18H23N3O5. The maximum Gasteiger partial charge on any atom is 0.226 e. The zero-order valence-corrected chi connectivity index (χ0v) is 15.2. The van der Waals surface area contributed by atoms with Gasteiger partial charge in [-0.25, -0.2) is 0 Å². The van der Waals surface area contributed by atoms with Crippen molar-refractivity contribution < 1.29 is 23.5 Å². The minimum Gasteiger partial charge on any atom is -0.493 e. The highest BCUT2D eigenvalue weighted by Gasteiger charge is 2.17. The average molecular weight is 361 g/mol. The van der Waals surface area contributed by atoms with Gasteiger partial charge in [-0.05, 0) is 18.6 Å². The van der Waals surface area contributed by atoms with Crippen LogP contribution in [0.3, 0.4) is 0 Å². The van der Waals surface area contributed by atoms with E-state index in [1.807, 2.05) is 0 Å². The van der Waals surface area contributed by atoms with Gasteiger partial charge in [0.1, 0.15) is 0 Å². The van der Waals surface area contributed by atoms with Crippen LogP contribution in [0.15, 0.2) is 29.3 Å². The van der Waals surface area contributed by atoms with Crippen LogP contribution in [0.2, 0.25) is 0 Å². The third-order valence-corrected chi connectivity index (χ3v) is 3.63. The lowest BCUT2D eigenvalue weighted by Gasteiger charge is -2.12. The monoisotopic (exact) mass is 361 g/mol. The number of carbonyl (C=O) groups is 1. The van der Waals surface area contributed by atoms with Crippen molar-refractivity contribution in [2.45, 2.75) is 19.3 Å². The summed E-state index contributed by atoms with van der Waals surface area (Å²) in [4.78, 5) is 15.9. The number of nitrogens with zero attached hydrogens (tertiary/aromatic N) is 2. The summed E-state index contributed by atoms with van der Waals surface area (Å²) < 4.78 is 21.2. The van der Waals surface area contributed by atoms with Gasteiger partial charge in [-0.3, -0.25) is 4.79 Å². The molecule has 8 heteroatoms. The summed E-state index contributed by atoms with van der Waals surface area (Å²) in [6.45, 7) is 4.02. The molecule has 140 valence electrons. The molecule has 0 aliphatic heterocycles. The first-order valence-electron chi connectivity index (χ1n) is 8.13. The normalized spacial score (nSPS) is 10.3.